The summed E-state index contributed by atoms with van der Waals surface area (Å²) in [7, 11) is 0. The number of carboxylic acids is 1. The summed E-state index contributed by atoms with van der Waals surface area (Å²) in [5, 5.41) is 15.1. The second kappa shape index (κ2) is 7.20. The molecule has 0 unspecified atom stereocenters. The maximum atomic E-state index is 11.9. The van der Waals surface area contributed by atoms with Gasteiger partial charge in [0.15, 0.2) is 0 Å². The van der Waals surface area contributed by atoms with E-state index in [4.69, 9.17) is 9.84 Å². The summed E-state index contributed by atoms with van der Waals surface area (Å²) in [6.07, 6.45) is 3.10. The SMILES string of the molecule is O=C(O)COCCNC(=O)c1cnn(-c2ccccc2)c1. The van der Waals surface area contributed by atoms with Crippen molar-refractivity contribution in [1.29, 1.82) is 0 Å². The molecule has 110 valence electrons. The number of hydrogen-bond donors (Lipinski definition) is 2. The van der Waals surface area contributed by atoms with Crippen LogP contribution < -0.4 is 5.32 Å². The first kappa shape index (κ1) is 14.7. The van der Waals surface area contributed by atoms with Crippen molar-refractivity contribution in [3.63, 3.8) is 0 Å². The maximum absolute atomic E-state index is 11.9. The number of carboxylic acid groups (broad SMARTS) is 1. The summed E-state index contributed by atoms with van der Waals surface area (Å²) >= 11 is 0. The number of ether oxygens (including phenoxy) is 1. The van der Waals surface area contributed by atoms with Crippen LogP contribution in [-0.4, -0.2) is 46.5 Å². The van der Waals surface area contributed by atoms with E-state index >= 15 is 0 Å². The number of para-hydroxylation sites is 1. The first-order chi connectivity index (χ1) is 10.2. The standard InChI is InChI=1S/C14H15N3O4/c18-13(19)10-21-7-6-15-14(20)11-8-16-17(9-11)12-4-2-1-3-5-12/h1-5,8-9H,6-7,10H2,(H,15,20)(H,18,19). The lowest BCUT2D eigenvalue weighted by atomic mass is 10.3. The van der Waals surface area contributed by atoms with Gasteiger partial charge in [-0.05, 0) is 12.1 Å². The quantitative estimate of drug-likeness (QED) is 0.732. The molecule has 1 aromatic carbocycles. The summed E-state index contributed by atoms with van der Waals surface area (Å²) in [6.45, 7) is 0.00923. The van der Waals surface area contributed by atoms with Gasteiger partial charge in [0, 0.05) is 12.7 Å². The molecule has 0 aliphatic rings. The summed E-state index contributed by atoms with van der Waals surface area (Å²) in [5.74, 6) is -1.32. The molecular weight excluding hydrogens is 274 g/mol. The number of amides is 1. The first-order valence-corrected chi connectivity index (χ1v) is 6.34. The molecule has 2 rings (SSSR count). The predicted octanol–water partition coefficient (Wildman–Crippen LogP) is 0.703. The van der Waals surface area contributed by atoms with Gasteiger partial charge >= 0.3 is 5.97 Å². The minimum absolute atomic E-state index is 0.144. The third-order valence-electron chi connectivity index (χ3n) is 2.62. The largest absolute Gasteiger partial charge is 0.480 e. The third-order valence-corrected chi connectivity index (χ3v) is 2.62. The lowest BCUT2D eigenvalue weighted by Crippen LogP contribution is -2.27. The van der Waals surface area contributed by atoms with Gasteiger partial charge in [-0.15, -0.1) is 0 Å². The predicted molar refractivity (Wildman–Crippen MR) is 74.4 cm³/mol. The molecule has 0 radical (unpaired) electrons. The molecule has 0 fully saturated rings. The summed E-state index contributed by atoms with van der Waals surface area (Å²) in [4.78, 5) is 22.1. The molecule has 0 saturated heterocycles. The van der Waals surface area contributed by atoms with Gasteiger partial charge in [0.25, 0.3) is 5.91 Å². The molecule has 0 atom stereocenters. The number of nitrogens with zero attached hydrogens (tertiary/aromatic N) is 2. The highest BCUT2D eigenvalue weighted by Gasteiger charge is 2.08. The van der Waals surface area contributed by atoms with E-state index in [0.29, 0.717) is 5.56 Å². The summed E-state index contributed by atoms with van der Waals surface area (Å²) in [6, 6.07) is 9.44. The molecule has 0 aliphatic heterocycles. The normalized spacial score (nSPS) is 10.3. The minimum Gasteiger partial charge on any atom is -0.480 e. The number of aromatic nitrogens is 2. The van der Waals surface area contributed by atoms with Gasteiger partial charge in [0.2, 0.25) is 0 Å². The van der Waals surface area contributed by atoms with E-state index in [1.165, 1.54) is 6.20 Å². The highest BCUT2D eigenvalue weighted by atomic mass is 16.5. The van der Waals surface area contributed by atoms with E-state index in [1.807, 2.05) is 30.3 Å². The highest BCUT2D eigenvalue weighted by molar-refractivity contribution is 5.93. The summed E-state index contributed by atoms with van der Waals surface area (Å²) < 4.78 is 6.43. The zero-order valence-corrected chi connectivity index (χ0v) is 11.2. The first-order valence-electron chi connectivity index (χ1n) is 6.34. The molecule has 2 N–H and O–H groups in total. The lowest BCUT2D eigenvalue weighted by Gasteiger charge is -2.03. The number of benzene rings is 1. The van der Waals surface area contributed by atoms with Crippen molar-refractivity contribution < 1.29 is 19.4 Å². The van der Waals surface area contributed by atoms with Crippen molar-refractivity contribution in [3.8, 4) is 5.69 Å². The minimum atomic E-state index is -1.04. The van der Waals surface area contributed by atoms with Gasteiger partial charge in [-0.2, -0.15) is 5.10 Å². The van der Waals surface area contributed by atoms with Crippen LogP contribution in [0.25, 0.3) is 5.69 Å². The smallest absolute Gasteiger partial charge is 0.329 e. The molecule has 7 heteroatoms. The Morgan fingerprint density at radius 3 is 2.76 bits per heavy atom. The Balaban J connectivity index is 1.84. The molecule has 1 heterocycles. The van der Waals surface area contributed by atoms with Crippen LogP contribution in [0.3, 0.4) is 0 Å². The molecule has 0 saturated carbocycles. The van der Waals surface area contributed by atoms with Crippen molar-refractivity contribution >= 4 is 11.9 Å². The third kappa shape index (κ3) is 4.43. The molecule has 1 aromatic heterocycles. The number of aliphatic carboxylic acids is 1. The lowest BCUT2D eigenvalue weighted by molar-refractivity contribution is -0.142. The zero-order valence-electron chi connectivity index (χ0n) is 11.2. The van der Waals surface area contributed by atoms with E-state index in [9.17, 15) is 9.59 Å². The van der Waals surface area contributed by atoms with Gasteiger partial charge < -0.3 is 15.2 Å². The van der Waals surface area contributed by atoms with Crippen LogP contribution in [0.15, 0.2) is 42.7 Å². The highest BCUT2D eigenvalue weighted by Crippen LogP contribution is 2.07. The Bertz CT molecular complexity index is 610. The average molecular weight is 289 g/mol. The van der Waals surface area contributed by atoms with Crippen molar-refractivity contribution in [2.24, 2.45) is 0 Å². The van der Waals surface area contributed by atoms with Crippen LogP contribution in [0.2, 0.25) is 0 Å². The molecule has 0 spiro atoms. The number of nitrogens with one attached hydrogen (secondary N) is 1. The average Bonchev–Trinajstić information content (AvgIpc) is 2.97. The van der Waals surface area contributed by atoms with Crippen molar-refractivity contribution in [2.75, 3.05) is 19.8 Å². The monoisotopic (exact) mass is 289 g/mol. The van der Waals surface area contributed by atoms with Crippen LogP contribution in [0.4, 0.5) is 0 Å². The fourth-order valence-corrected chi connectivity index (χ4v) is 1.66. The van der Waals surface area contributed by atoms with Crippen LogP contribution >= 0.6 is 0 Å². The molecule has 7 nitrogen and oxygen atoms in total. The molecule has 0 aliphatic carbocycles. The molecule has 0 bridgehead atoms. The molecule has 2 aromatic rings. The number of carbonyl (C=O) groups is 2. The van der Waals surface area contributed by atoms with Crippen LogP contribution in [-0.2, 0) is 9.53 Å². The Morgan fingerprint density at radius 1 is 1.29 bits per heavy atom. The van der Waals surface area contributed by atoms with Gasteiger partial charge in [-0.3, -0.25) is 4.79 Å². The van der Waals surface area contributed by atoms with Gasteiger partial charge in [-0.25, -0.2) is 9.48 Å². The number of rotatable bonds is 7. The fourth-order valence-electron chi connectivity index (χ4n) is 1.66. The van der Waals surface area contributed by atoms with Crippen LogP contribution in [0, 0.1) is 0 Å². The van der Waals surface area contributed by atoms with Gasteiger partial charge in [0.05, 0.1) is 24.1 Å². The Hall–Kier alpha value is -2.67. The van der Waals surface area contributed by atoms with E-state index in [2.05, 4.69) is 10.4 Å². The van der Waals surface area contributed by atoms with Crippen molar-refractivity contribution in [1.82, 2.24) is 15.1 Å². The molecule has 1 amide bonds. The second-order valence-electron chi connectivity index (χ2n) is 4.21. The van der Waals surface area contributed by atoms with Gasteiger partial charge in [-0.1, -0.05) is 18.2 Å². The molecular formula is C14H15N3O4. The van der Waals surface area contributed by atoms with Crippen LogP contribution in [0.1, 0.15) is 10.4 Å². The van der Waals surface area contributed by atoms with Crippen LogP contribution in [0.5, 0.6) is 0 Å². The van der Waals surface area contributed by atoms with Crippen molar-refractivity contribution in [3.05, 3.63) is 48.3 Å². The Labute approximate surface area is 121 Å². The topological polar surface area (TPSA) is 93.4 Å². The zero-order chi connectivity index (χ0) is 15.1. The second-order valence-corrected chi connectivity index (χ2v) is 4.21. The fraction of sp³-hybridized carbons (Fsp3) is 0.214. The number of carbonyl (C=O) groups excluding carboxylic acids is 1. The Morgan fingerprint density at radius 2 is 2.05 bits per heavy atom. The van der Waals surface area contributed by atoms with Gasteiger partial charge in [0.1, 0.15) is 6.61 Å². The number of hydrogen-bond acceptors (Lipinski definition) is 4. The summed E-state index contributed by atoms with van der Waals surface area (Å²) in [5.41, 5.74) is 1.29. The van der Waals surface area contributed by atoms with E-state index < -0.39 is 5.97 Å². The molecule has 21 heavy (non-hydrogen) atoms. The van der Waals surface area contributed by atoms with E-state index in [0.717, 1.165) is 5.69 Å². The Kier molecular flexibility index (Phi) is 5.05. The van der Waals surface area contributed by atoms with E-state index in [-0.39, 0.29) is 25.7 Å². The maximum Gasteiger partial charge on any atom is 0.329 e. The van der Waals surface area contributed by atoms with Crippen molar-refractivity contribution in [2.45, 2.75) is 0 Å². The van der Waals surface area contributed by atoms with E-state index in [1.54, 1.807) is 10.9 Å².